The normalized spacial score (nSPS) is 18.3. The van der Waals surface area contributed by atoms with Crippen LogP contribution in [0.1, 0.15) is 18.5 Å². The van der Waals surface area contributed by atoms with Crippen LogP contribution in [-0.4, -0.2) is 41.3 Å². The first-order valence-corrected chi connectivity index (χ1v) is 6.07. The van der Waals surface area contributed by atoms with E-state index in [0.717, 1.165) is 12.8 Å². The zero-order valence-electron chi connectivity index (χ0n) is 10.9. The standard InChI is InChI=1S/C11H16N4O4/c1-7-9(15(16)17)10(14-11(12-2)13-7)19-6-8-4-3-5-18-8/h8H,3-6H2,1-2H3,(H,12,13,14). The Morgan fingerprint density at radius 1 is 1.58 bits per heavy atom. The Morgan fingerprint density at radius 3 is 2.95 bits per heavy atom. The van der Waals surface area contributed by atoms with Crippen molar-refractivity contribution in [1.29, 1.82) is 0 Å². The number of hydrogen-bond donors (Lipinski definition) is 1. The second-order valence-corrected chi connectivity index (χ2v) is 4.24. The van der Waals surface area contributed by atoms with Crippen LogP contribution in [0.3, 0.4) is 0 Å². The lowest BCUT2D eigenvalue weighted by Gasteiger charge is -2.12. The van der Waals surface area contributed by atoms with Crippen LogP contribution in [0, 0.1) is 17.0 Å². The molecule has 0 spiro atoms. The minimum Gasteiger partial charge on any atom is -0.470 e. The zero-order valence-corrected chi connectivity index (χ0v) is 10.9. The highest BCUT2D eigenvalue weighted by atomic mass is 16.6. The van der Waals surface area contributed by atoms with Gasteiger partial charge < -0.3 is 14.8 Å². The van der Waals surface area contributed by atoms with E-state index in [1.807, 2.05) is 0 Å². The molecule has 1 fully saturated rings. The molecule has 0 amide bonds. The van der Waals surface area contributed by atoms with Gasteiger partial charge in [-0.25, -0.2) is 4.98 Å². The lowest BCUT2D eigenvalue weighted by molar-refractivity contribution is -0.387. The Balaban J connectivity index is 2.20. The average molecular weight is 268 g/mol. The lowest BCUT2D eigenvalue weighted by Crippen LogP contribution is -2.18. The Morgan fingerprint density at radius 2 is 2.37 bits per heavy atom. The van der Waals surface area contributed by atoms with Gasteiger partial charge in [-0.05, 0) is 19.8 Å². The van der Waals surface area contributed by atoms with E-state index >= 15 is 0 Å². The molecule has 8 heteroatoms. The van der Waals surface area contributed by atoms with E-state index < -0.39 is 4.92 Å². The molecule has 0 bridgehead atoms. The van der Waals surface area contributed by atoms with Gasteiger partial charge in [-0.2, -0.15) is 4.98 Å². The fraction of sp³-hybridized carbons (Fsp3) is 0.636. The minimum atomic E-state index is -0.528. The summed E-state index contributed by atoms with van der Waals surface area (Å²) in [6.07, 6.45) is 1.87. The predicted octanol–water partition coefficient (Wildman–Crippen LogP) is 1.29. The van der Waals surface area contributed by atoms with Crippen molar-refractivity contribution < 1.29 is 14.4 Å². The molecule has 0 aliphatic carbocycles. The fourth-order valence-corrected chi connectivity index (χ4v) is 1.91. The molecule has 1 aliphatic rings. The highest BCUT2D eigenvalue weighted by Gasteiger charge is 2.25. The molecule has 1 saturated heterocycles. The SMILES string of the molecule is CNc1nc(C)c([N+](=O)[O-])c(OCC2CCCO2)n1. The van der Waals surface area contributed by atoms with Crippen LogP contribution in [0.5, 0.6) is 5.88 Å². The van der Waals surface area contributed by atoms with E-state index in [1.54, 1.807) is 14.0 Å². The molecule has 1 atom stereocenters. The number of nitro groups is 1. The summed E-state index contributed by atoms with van der Waals surface area (Å²) in [7, 11) is 1.64. The van der Waals surface area contributed by atoms with Crippen LogP contribution in [-0.2, 0) is 4.74 Å². The van der Waals surface area contributed by atoms with Crippen molar-refractivity contribution in [3.63, 3.8) is 0 Å². The van der Waals surface area contributed by atoms with Gasteiger partial charge in [0.15, 0.2) is 0 Å². The molecule has 1 aliphatic heterocycles. The van der Waals surface area contributed by atoms with Gasteiger partial charge in [0.1, 0.15) is 12.3 Å². The van der Waals surface area contributed by atoms with E-state index in [0.29, 0.717) is 12.6 Å². The number of ether oxygens (including phenoxy) is 2. The monoisotopic (exact) mass is 268 g/mol. The number of hydrogen-bond acceptors (Lipinski definition) is 7. The van der Waals surface area contributed by atoms with E-state index in [2.05, 4.69) is 15.3 Å². The first-order valence-electron chi connectivity index (χ1n) is 6.07. The van der Waals surface area contributed by atoms with Gasteiger partial charge in [-0.15, -0.1) is 0 Å². The third-order valence-electron chi connectivity index (χ3n) is 2.86. The maximum absolute atomic E-state index is 11.0. The number of aryl methyl sites for hydroxylation is 1. The molecule has 1 aromatic rings. The Hall–Kier alpha value is -1.96. The summed E-state index contributed by atoms with van der Waals surface area (Å²) in [5.41, 5.74) is 0.0729. The summed E-state index contributed by atoms with van der Waals surface area (Å²) in [5, 5.41) is 13.8. The quantitative estimate of drug-likeness (QED) is 0.634. The second-order valence-electron chi connectivity index (χ2n) is 4.24. The van der Waals surface area contributed by atoms with Gasteiger partial charge in [0.2, 0.25) is 5.95 Å². The summed E-state index contributed by atoms with van der Waals surface area (Å²) in [6, 6.07) is 0. The van der Waals surface area contributed by atoms with Crippen molar-refractivity contribution in [2.75, 3.05) is 25.6 Å². The summed E-state index contributed by atoms with van der Waals surface area (Å²) >= 11 is 0. The zero-order chi connectivity index (χ0) is 13.8. The van der Waals surface area contributed by atoms with Crippen LogP contribution in [0.4, 0.5) is 11.6 Å². The molecule has 1 aromatic heterocycles. The van der Waals surface area contributed by atoms with Crippen LogP contribution in [0.2, 0.25) is 0 Å². The largest absolute Gasteiger partial charge is 0.470 e. The van der Waals surface area contributed by atoms with Gasteiger partial charge in [0, 0.05) is 13.7 Å². The van der Waals surface area contributed by atoms with Crippen molar-refractivity contribution in [3.8, 4) is 5.88 Å². The molecule has 104 valence electrons. The smallest absolute Gasteiger partial charge is 0.352 e. The van der Waals surface area contributed by atoms with Crippen molar-refractivity contribution >= 4 is 11.6 Å². The summed E-state index contributed by atoms with van der Waals surface area (Å²) < 4.78 is 10.9. The molecule has 8 nitrogen and oxygen atoms in total. The number of nitrogens with zero attached hydrogens (tertiary/aromatic N) is 3. The minimum absolute atomic E-state index is 0.0163. The first kappa shape index (κ1) is 13.5. The molecular formula is C11H16N4O4. The van der Waals surface area contributed by atoms with Gasteiger partial charge in [0.05, 0.1) is 11.0 Å². The van der Waals surface area contributed by atoms with E-state index in [1.165, 1.54) is 0 Å². The summed E-state index contributed by atoms with van der Waals surface area (Å²) in [6.45, 7) is 2.53. The van der Waals surface area contributed by atoms with Crippen molar-refractivity contribution in [2.45, 2.75) is 25.9 Å². The molecule has 2 rings (SSSR count). The van der Waals surface area contributed by atoms with Crippen LogP contribution in [0.15, 0.2) is 0 Å². The number of anilines is 1. The second kappa shape index (κ2) is 5.79. The molecule has 19 heavy (non-hydrogen) atoms. The molecule has 0 aromatic carbocycles. The van der Waals surface area contributed by atoms with Crippen molar-refractivity contribution in [2.24, 2.45) is 0 Å². The van der Waals surface area contributed by atoms with Crippen LogP contribution >= 0.6 is 0 Å². The number of nitrogens with one attached hydrogen (secondary N) is 1. The first-order chi connectivity index (χ1) is 9.11. The Labute approximate surface area is 110 Å². The molecule has 0 saturated carbocycles. The molecule has 1 N–H and O–H groups in total. The third kappa shape index (κ3) is 3.08. The number of aromatic nitrogens is 2. The topological polar surface area (TPSA) is 99.4 Å². The van der Waals surface area contributed by atoms with E-state index in [4.69, 9.17) is 9.47 Å². The molecular weight excluding hydrogens is 252 g/mol. The lowest BCUT2D eigenvalue weighted by atomic mass is 10.2. The van der Waals surface area contributed by atoms with E-state index in [9.17, 15) is 10.1 Å². The molecule has 0 radical (unpaired) electrons. The van der Waals surface area contributed by atoms with Gasteiger partial charge in [-0.1, -0.05) is 0 Å². The van der Waals surface area contributed by atoms with Crippen molar-refractivity contribution in [1.82, 2.24) is 9.97 Å². The fourth-order valence-electron chi connectivity index (χ4n) is 1.91. The highest BCUT2D eigenvalue weighted by Crippen LogP contribution is 2.29. The van der Waals surface area contributed by atoms with Gasteiger partial charge in [-0.3, -0.25) is 10.1 Å². The maximum atomic E-state index is 11.0. The molecule has 1 unspecified atom stereocenters. The number of rotatable bonds is 5. The van der Waals surface area contributed by atoms with Crippen LogP contribution in [0.25, 0.3) is 0 Å². The van der Waals surface area contributed by atoms with Crippen molar-refractivity contribution in [3.05, 3.63) is 15.8 Å². The third-order valence-corrected chi connectivity index (χ3v) is 2.86. The van der Waals surface area contributed by atoms with Crippen LogP contribution < -0.4 is 10.1 Å². The van der Waals surface area contributed by atoms with Gasteiger partial charge in [0.25, 0.3) is 5.88 Å². The summed E-state index contributed by atoms with van der Waals surface area (Å²) in [4.78, 5) is 18.5. The highest BCUT2D eigenvalue weighted by molar-refractivity contribution is 5.48. The average Bonchev–Trinajstić information content (AvgIpc) is 2.88. The maximum Gasteiger partial charge on any atom is 0.352 e. The van der Waals surface area contributed by atoms with Gasteiger partial charge >= 0.3 is 5.69 Å². The predicted molar refractivity (Wildman–Crippen MR) is 67.4 cm³/mol. The summed E-state index contributed by atoms with van der Waals surface area (Å²) in [5.74, 6) is 0.280. The Kier molecular flexibility index (Phi) is 4.10. The molecule has 2 heterocycles. The van der Waals surface area contributed by atoms with E-state index in [-0.39, 0.29) is 30.0 Å². The Bertz CT molecular complexity index is 474.